The molecule has 0 fully saturated rings. The van der Waals surface area contributed by atoms with Gasteiger partial charge in [0, 0.05) is 21.9 Å². The molecule has 0 aliphatic rings. The lowest BCUT2D eigenvalue weighted by atomic mass is 10.2. The summed E-state index contributed by atoms with van der Waals surface area (Å²) < 4.78 is 0.669. The molecule has 1 amide bonds. The Morgan fingerprint density at radius 1 is 1.39 bits per heavy atom. The van der Waals surface area contributed by atoms with E-state index >= 15 is 0 Å². The van der Waals surface area contributed by atoms with Gasteiger partial charge in [-0.25, -0.2) is 4.98 Å². The second-order valence-electron chi connectivity index (χ2n) is 3.52. The van der Waals surface area contributed by atoms with Crippen molar-refractivity contribution in [2.45, 2.75) is 0 Å². The first kappa shape index (κ1) is 12.9. The molecule has 4 nitrogen and oxygen atoms in total. The molecule has 18 heavy (non-hydrogen) atoms. The lowest BCUT2D eigenvalue weighted by molar-refractivity contribution is 0.102. The molecular weight excluding hydrogens is 318 g/mol. The number of pyridine rings is 1. The molecule has 0 spiro atoms. The molecule has 92 valence electrons. The molecule has 0 aliphatic heterocycles. The molecule has 0 saturated heterocycles. The lowest BCUT2D eigenvalue weighted by Gasteiger charge is -2.07. The van der Waals surface area contributed by atoms with Crippen molar-refractivity contribution in [2.24, 2.45) is 0 Å². The van der Waals surface area contributed by atoms with Crippen molar-refractivity contribution >= 4 is 44.9 Å². The van der Waals surface area contributed by atoms with Crippen LogP contribution in [0.1, 0.15) is 10.4 Å². The average molecular weight is 327 g/mol. The molecule has 6 heteroatoms. The summed E-state index contributed by atoms with van der Waals surface area (Å²) in [4.78, 5) is 15.9. The van der Waals surface area contributed by atoms with Crippen LogP contribution in [0.25, 0.3) is 0 Å². The highest BCUT2D eigenvalue weighted by Gasteiger charge is 2.10. The van der Waals surface area contributed by atoms with Gasteiger partial charge in [0.05, 0.1) is 5.02 Å². The number of nitrogens with two attached hydrogens (primary N) is 1. The van der Waals surface area contributed by atoms with E-state index in [2.05, 4.69) is 26.2 Å². The van der Waals surface area contributed by atoms with E-state index < -0.39 is 0 Å². The second-order valence-corrected chi connectivity index (χ2v) is 4.79. The van der Waals surface area contributed by atoms with Crippen LogP contribution in [-0.2, 0) is 0 Å². The van der Waals surface area contributed by atoms with Crippen molar-refractivity contribution in [1.82, 2.24) is 4.98 Å². The number of rotatable bonds is 2. The van der Waals surface area contributed by atoms with Gasteiger partial charge in [-0.05, 0) is 46.3 Å². The zero-order valence-electron chi connectivity index (χ0n) is 9.15. The summed E-state index contributed by atoms with van der Waals surface area (Å²) in [5.74, 6) is 0.0356. The topological polar surface area (TPSA) is 68.0 Å². The number of benzene rings is 1. The van der Waals surface area contributed by atoms with E-state index in [0.29, 0.717) is 26.6 Å². The summed E-state index contributed by atoms with van der Waals surface area (Å²) >= 11 is 9.17. The summed E-state index contributed by atoms with van der Waals surface area (Å²) in [6, 6.07) is 8.27. The molecule has 2 rings (SSSR count). The maximum atomic E-state index is 12.0. The van der Waals surface area contributed by atoms with Gasteiger partial charge in [-0.3, -0.25) is 4.79 Å². The summed E-state index contributed by atoms with van der Waals surface area (Å²) in [6.07, 6.45) is 1.56. The van der Waals surface area contributed by atoms with Gasteiger partial charge >= 0.3 is 0 Å². The van der Waals surface area contributed by atoms with E-state index in [-0.39, 0.29) is 5.91 Å². The van der Waals surface area contributed by atoms with E-state index in [4.69, 9.17) is 17.3 Å². The minimum atomic E-state index is -0.295. The molecule has 3 N–H and O–H groups in total. The first-order valence-corrected chi connectivity index (χ1v) is 6.22. The number of carbonyl (C=O) groups excluding carboxylic acids is 1. The van der Waals surface area contributed by atoms with Gasteiger partial charge < -0.3 is 11.1 Å². The third-order valence-electron chi connectivity index (χ3n) is 2.25. The number of nitrogen functional groups attached to an aromatic ring is 1. The fourth-order valence-corrected chi connectivity index (χ4v) is 1.87. The Morgan fingerprint density at radius 2 is 2.17 bits per heavy atom. The number of carbonyl (C=O) groups is 1. The summed E-state index contributed by atoms with van der Waals surface area (Å²) in [6.45, 7) is 0. The average Bonchev–Trinajstić information content (AvgIpc) is 2.35. The van der Waals surface area contributed by atoms with Crippen LogP contribution in [0.3, 0.4) is 0 Å². The number of aromatic nitrogens is 1. The molecular formula is C12H9BrClN3O. The number of amides is 1. The van der Waals surface area contributed by atoms with Crippen molar-refractivity contribution in [1.29, 1.82) is 0 Å². The fraction of sp³-hybridized carbons (Fsp3) is 0. The van der Waals surface area contributed by atoms with E-state index in [1.165, 1.54) is 0 Å². The number of halogens is 2. The molecule has 0 unspecified atom stereocenters. The summed E-state index contributed by atoms with van der Waals surface area (Å²) in [5.41, 5.74) is 6.70. The highest BCUT2D eigenvalue weighted by molar-refractivity contribution is 9.10. The minimum absolute atomic E-state index is 0.295. The van der Waals surface area contributed by atoms with Crippen molar-refractivity contribution in [3.05, 3.63) is 51.6 Å². The third kappa shape index (κ3) is 2.80. The quantitative estimate of drug-likeness (QED) is 0.832. The molecule has 0 atom stereocenters. The predicted octanol–water partition coefficient (Wildman–Crippen LogP) is 3.33. The highest BCUT2D eigenvalue weighted by Crippen LogP contribution is 2.22. The van der Waals surface area contributed by atoms with Crippen LogP contribution in [0, 0.1) is 0 Å². The molecule has 0 bridgehead atoms. The Hall–Kier alpha value is -1.59. The van der Waals surface area contributed by atoms with E-state index in [9.17, 15) is 4.79 Å². The monoisotopic (exact) mass is 325 g/mol. The van der Waals surface area contributed by atoms with Crippen molar-refractivity contribution in [2.75, 3.05) is 11.1 Å². The molecule has 2 aromatic rings. The number of hydrogen-bond donors (Lipinski definition) is 2. The van der Waals surface area contributed by atoms with Gasteiger partial charge in [0.15, 0.2) is 5.82 Å². The highest BCUT2D eigenvalue weighted by atomic mass is 79.9. The van der Waals surface area contributed by atoms with Crippen molar-refractivity contribution in [3.8, 4) is 0 Å². The van der Waals surface area contributed by atoms with Gasteiger partial charge in [-0.2, -0.15) is 0 Å². The Balaban J connectivity index is 2.22. The predicted molar refractivity (Wildman–Crippen MR) is 75.8 cm³/mol. The Labute approximate surface area is 117 Å². The van der Waals surface area contributed by atoms with Crippen LogP contribution in [0.5, 0.6) is 0 Å². The minimum Gasteiger partial charge on any atom is -0.398 e. The number of nitrogens with zero attached hydrogens (tertiary/aromatic N) is 1. The standard InChI is InChI=1S/C12H9BrClN3O/c13-8-6-7(3-4-10(8)15)12(18)17-11-9(14)2-1-5-16-11/h1-6H,15H2,(H,16,17,18). The van der Waals surface area contributed by atoms with Crippen LogP contribution >= 0.6 is 27.5 Å². The normalized spacial score (nSPS) is 10.1. The first-order valence-electron chi connectivity index (χ1n) is 5.05. The first-order chi connectivity index (χ1) is 8.58. The number of nitrogens with one attached hydrogen (secondary N) is 1. The molecule has 0 saturated carbocycles. The van der Waals surface area contributed by atoms with Crippen molar-refractivity contribution < 1.29 is 4.79 Å². The van der Waals surface area contributed by atoms with Crippen LogP contribution < -0.4 is 11.1 Å². The molecule has 1 aromatic heterocycles. The van der Waals surface area contributed by atoms with Crippen LogP contribution in [0.2, 0.25) is 5.02 Å². The SMILES string of the molecule is Nc1ccc(C(=O)Nc2ncccc2Cl)cc1Br. The molecule has 0 aliphatic carbocycles. The smallest absolute Gasteiger partial charge is 0.256 e. The summed E-state index contributed by atoms with van der Waals surface area (Å²) in [7, 11) is 0. The number of hydrogen-bond acceptors (Lipinski definition) is 3. The van der Waals surface area contributed by atoms with E-state index in [1.807, 2.05) is 0 Å². The second kappa shape index (κ2) is 5.37. The Kier molecular flexibility index (Phi) is 3.84. The van der Waals surface area contributed by atoms with E-state index in [1.54, 1.807) is 36.5 Å². The summed E-state index contributed by atoms with van der Waals surface area (Å²) in [5, 5.41) is 3.02. The number of anilines is 2. The van der Waals surface area contributed by atoms with Crippen LogP contribution in [0.15, 0.2) is 41.0 Å². The van der Waals surface area contributed by atoms with Gasteiger partial charge in [0.25, 0.3) is 5.91 Å². The largest absolute Gasteiger partial charge is 0.398 e. The van der Waals surface area contributed by atoms with Crippen molar-refractivity contribution in [3.63, 3.8) is 0 Å². The van der Waals surface area contributed by atoms with E-state index in [0.717, 1.165) is 0 Å². The zero-order valence-corrected chi connectivity index (χ0v) is 11.5. The van der Waals surface area contributed by atoms with Gasteiger partial charge in [0.2, 0.25) is 0 Å². The Morgan fingerprint density at radius 3 is 2.83 bits per heavy atom. The Bertz CT molecular complexity index is 604. The lowest BCUT2D eigenvalue weighted by Crippen LogP contribution is -2.13. The maximum absolute atomic E-state index is 12.0. The third-order valence-corrected chi connectivity index (χ3v) is 3.24. The maximum Gasteiger partial charge on any atom is 0.256 e. The zero-order chi connectivity index (χ0) is 13.1. The van der Waals surface area contributed by atoms with Crippen LogP contribution in [-0.4, -0.2) is 10.9 Å². The van der Waals surface area contributed by atoms with Gasteiger partial charge in [-0.15, -0.1) is 0 Å². The van der Waals surface area contributed by atoms with Gasteiger partial charge in [0.1, 0.15) is 0 Å². The van der Waals surface area contributed by atoms with Crippen LogP contribution in [0.4, 0.5) is 11.5 Å². The molecule has 1 heterocycles. The molecule has 0 radical (unpaired) electrons. The van der Waals surface area contributed by atoms with Gasteiger partial charge in [-0.1, -0.05) is 11.6 Å². The fourth-order valence-electron chi connectivity index (χ4n) is 1.33. The molecule has 1 aromatic carbocycles.